The zero-order valence-corrected chi connectivity index (χ0v) is 20.4. The van der Waals surface area contributed by atoms with E-state index in [0.29, 0.717) is 0 Å². The first-order valence-electron chi connectivity index (χ1n) is 11.7. The van der Waals surface area contributed by atoms with Gasteiger partial charge in [-0.3, -0.25) is 9.59 Å². The van der Waals surface area contributed by atoms with Crippen LogP contribution >= 0.6 is 0 Å². The van der Waals surface area contributed by atoms with Crippen LogP contribution in [0.25, 0.3) is 28.4 Å². The van der Waals surface area contributed by atoms with E-state index < -0.39 is 34.6 Å². The molecule has 5 aromatic rings. The van der Waals surface area contributed by atoms with Crippen LogP contribution in [0.3, 0.4) is 0 Å². The second kappa shape index (κ2) is 9.76. The Balaban J connectivity index is 1.77. The summed E-state index contributed by atoms with van der Waals surface area (Å²) in [6.45, 7) is 0. The van der Waals surface area contributed by atoms with E-state index in [1.165, 1.54) is 54.6 Å². The summed E-state index contributed by atoms with van der Waals surface area (Å²) in [4.78, 5) is 26.4. The Kier molecular flexibility index (Phi) is 6.28. The van der Waals surface area contributed by atoms with Crippen molar-refractivity contribution in [3.63, 3.8) is 0 Å². The second-order valence-electron chi connectivity index (χ2n) is 8.79. The van der Waals surface area contributed by atoms with E-state index in [1.54, 1.807) is 0 Å². The summed E-state index contributed by atoms with van der Waals surface area (Å²) in [5.41, 5.74) is -0.639. The highest BCUT2D eigenvalue weighted by atomic mass is 16.4. The Bertz CT molecular complexity index is 1830. The lowest BCUT2D eigenvalue weighted by Gasteiger charge is -2.09. The minimum atomic E-state index is -0.994. The van der Waals surface area contributed by atoms with E-state index >= 15 is 0 Å². The van der Waals surface area contributed by atoms with Crippen molar-refractivity contribution in [1.29, 1.82) is 0 Å². The fraction of sp³-hybridized carbons (Fsp3) is 0. The third kappa shape index (κ3) is 4.39. The minimum absolute atomic E-state index is 0.0439. The van der Waals surface area contributed by atoms with E-state index in [1.807, 2.05) is 0 Å². The van der Waals surface area contributed by atoms with Crippen LogP contribution in [0.4, 0.5) is 0 Å². The van der Waals surface area contributed by atoms with Crippen molar-refractivity contribution in [2.24, 2.45) is 0 Å². The van der Waals surface area contributed by atoms with Crippen molar-refractivity contribution in [2.45, 2.75) is 0 Å². The molecule has 1 aromatic heterocycles. The molecule has 5 rings (SSSR count). The predicted octanol–water partition coefficient (Wildman–Crippen LogP) is 5.17. The van der Waals surface area contributed by atoms with Gasteiger partial charge >= 0.3 is 0 Å². The molecule has 7 N–H and O–H groups in total. The Morgan fingerprint density at radius 3 is 1.90 bits per heavy atom. The van der Waals surface area contributed by atoms with Crippen molar-refractivity contribution in [1.82, 2.24) is 0 Å². The molecule has 0 radical (unpaired) electrons. The monoisotopic (exact) mass is 540 g/mol. The van der Waals surface area contributed by atoms with E-state index in [4.69, 9.17) is 4.42 Å². The molecule has 10 heteroatoms. The van der Waals surface area contributed by atoms with Gasteiger partial charge in [-0.2, -0.15) is 0 Å². The van der Waals surface area contributed by atoms with E-state index in [9.17, 15) is 45.3 Å². The van der Waals surface area contributed by atoms with Crippen LogP contribution in [0.1, 0.15) is 31.8 Å². The molecule has 0 aliphatic carbocycles. The SMILES string of the molecule is O=C(C=Cc1c(O)c(O)c(O)c2c(C(=O)c3ccc(O)cc3O)c(-c3ccc(O)cc3)oc12)c1ccc(O)cc1. The topological polar surface area (TPSA) is 189 Å². The third-order valence-corrected chi connectivity index (χ3v) is 6.23. The number of aromatic hydroxyl groups is 7. The Morgan fingerprint density at radius 2 is 1.27 bits per heavy atom. The van der Waals surface area contributed by atoms with Gasteiger partial charge in [0.15, 0.2) is 22.9 Å². The summed E-state index contributed by atoms with van der Waals surface area (Å²) >= 11 is 0. The second-order valence-corrected chi connectivity index (χ2v) is 8.79. The van der Waals surface area contributed by atoms with Crippen LogP contribution in [-0.4, -0.2) is 47.3 Å². The molecule has 40 heavy (non-hydrogen) atoms. The van der Waals surface area contributed by atoms with E-state index in [0.717, 1.165) is 24.3 Å². The van der Waals surface area contributed by atoms with Crippen molar-refractivity contribution in [2.75, 3.05) is 0 Å². The quantitative estimate of drug-likeness (QED) is 0.0860. The molecule has 0 saturated heterocycles. The first-order valence-corrected chi connectivity index (χ1v) is 11.7. The Morgan fingerprint density at radius 1 is 0.675 bits per heavy atom. The van der Waals surface area contributed by atoms with Gasteiger partial charge in [-0.15, -0.1) is 0 Å². The highest BCUT2D eigenvalue weighted by molar-refractivity contribution is 6.23. The highest BCUT2D eigenvalue weighted by Crippen LogP contribution is 2.50. The molecule has 0 aliphatic rings. The average molecular weight is 540 g/mol. The maximum atomic E-state index is 13.8. The summed E-state index contributed by atoms with van der Waals surface area (Å²) in [6, 6.07) is 14.1. The standard InChI is InChI=1S/C30H20O10/c31-16-5-1-14(2-6-16)21(34)12-11-20-26(37)28(39)27(38)24-23(25(36)19-10-9-18(33)13-22(19)35)29(40-30(20)24)15-3-7-17(32)8-4-15/h1-13,31-33,35,37-39H. The van der Waals surface area contributed by atoms with Gasteiger partial charge in [0, 0.05) is 17.2 Å². The lowest BCUT2D eigenvalue weighted by atomic mass is 9.95. The molecule has 0 fully saturated rings. The van der Waals surface area contributed by atoms with Crippen LogP contribution in [0.15, 0.2) is 77.2 Å². The number of rotatable bonds is 6. The molecule has 0 bridgehead atoms. The smallest absolute Gasteiger partial charge is 0.201 e. The van der Waals surface area contributed by atoms with Gasteiger partial charge in [-0.25, -0.2) is 0 Å². The van der Waals surface area contributed by atoms with Crippen molar-refractivity contribution in [3.8, 4) is 51.6 Å². The number of furan rings is 1. The molecule has 0 unspecified atom stereocenters. The molecule has 4 aromatic carbocycles. The van der Waals surface area contributed by atoms with Gasteiger partial charge in [-0.1, -0.05) is 0 Å². The summed E-state index contributed by atoms with van der Waals surface area (Å²) < 4.78 is 5.97. The molecule has 200 valence electrons. The largest absolute Gasteiger partial charge is 0.508 e. The van der Waals surface area contributed by atoms with Crippen molar-refractivity contribution in [3.05, 3.63) is 95.1 Å². The maximum Gasteiger partial charge on any atom is 0.201 e. The molecule has 0 saturated carbocycles. The van der Waals surface area contributed by atoms with Gasteiger partial charge in [-0.05, 0) is 72.8 Å². The summed E-state index contributed by atoms with van der Waals surface area (Å²) in [5.74, 6) is -5.28. The Hall–Kier alpha value is -5.90. The third-order valence-electron chi connectivity index (χ3n) is 6.23. The first-order chi connectivity index (χ1) is 19.1. The van der Waals surface area contributed by atoms with Crippen molar-refractivity contribution >= 4 is 28.6 Å². The zero-order chi connectivity index (χ0) is 28.7. The molecule has 0 atom stereocenters. The number of hydrogen-bond acceptors (Lipinski definition) is 10. The molecule has 0 aliphatic heterocycles. The maximum absolute atomic E-state index is 13.8. The number of benzene rings is 4. The molecule has 1 heterocycles. The summed E-state index contributed by atoms with van der Waals surface area (Å²) in [6.07, 6.45) is 2.19. The van der Waals surface area contributed by atoms with Gasteiger partial charge in [0.25, 0.3) is 0 Å². The van der Waals surface area contributed by atoms with E-state index in [2.05, 4.69) is 0 Å². The van der Waals surface area contributed by atoms with Gasteiger partial charge in [0.2, 0.25) is 11.5 Å². The number of phenolic OH excluding ortho intramolecular Hbond substituents is 7. The van der Waals surface area contributed by atoms with Gasteiger partial charge in [0.1, 0.15) is 28.8 Å². The number of phenols is 7. The van der Waals surface area contributed by atoms with Crippen LogP contribution in [0.2, 0.25) is 0 Å². The highest BCUT2D eigenvalue weighted by Gasteiger charge is 2.31. The number of carbonyl (C=O) groups excluding carboxylic acids is 2. The lowest BCUT2D eigenvalue weighted by Crippen LogP contribution is -2.03. The van der Waals surface area contributed by atoms with Crippen LogP contribution < -0.4 is 0 Å². The average Bonchev–Trinajstić information content (AvgIpc) is 3.32. The predicted molar refractivity (Wildman–Crippen MR) is 143 cm³/mol. The minimum Gasteiger partial charge on any atom is -0.508 e. The zero-order valence-electron chi connectivity index (χ0n) is 20.4. The number of ketones is 2. The summed E-state index contributed by atoms with van der Waals surface area (Å²) in [7, 11) is 0. The van der Waals surface area contributed by atoms with Gasteiger partial charge in [0.05, 0.1) is 22.1 Å². The number of allylic oxidation sites excluding steroid dienone is 1. The first kappa shape index (κ1) is 25.7. The summed E-state index contributed by atoms with van der Waals surface area (Å²) in [5, 5.41) is 71.0. The molecule has 10 nitrogen and oxygen atoms in total. The molecule has 0 spiro atoms. The molecular formula is C30H20O10. The fourth-order valence-electron chi connectivity index (χ4n) is 4.23. The van der Waals surface area contributed by atoms with Crippen molar-refractivity contribution < 1.29 is 49.8 Å². The Labute approximate surface area is 225 Å². The van der Waals surface area contributed by atoms with Crippen LogP contribution in [-0.2, 0) is 0 Å². The normalized spacial score (nSPS) is 11.3. The lowest BCUT2D eigenvalue weighted by molar-refractivity contribution is 0.103. The molecule has 0 amide bonds. The van der Waals surface area contributed by atoms with Crippen LogP contribution in [0, 0.1) is 0 Å². The van der Waals surface area contributed by atoms with E-state index in [-0.39, 0.29) is 61.8 Å². The molecular weight excluding hydrogens is 520 g/mol. The number of hydrogen-bond donors (Lipinski definition) is 7. The number of fused-ring (bicyclic) bond motifs is 1. The van der Waals surface area contributed by atoms with Crippen LogP contribution in [0.5, 0.6) is 40.2 Å². The number of carbonyl (C=O) groups is 2. The van der Waals surface area contributed by atoms with Gasteiger partial charge < -0.3 is 40.2 Å². The fourth-order valence-corrected chi connectivity index (χ4v) is 4.23.